The molecule has 0 amide bonds. The van der Waals surface area contributed by atoms with Gasteiger partial charge in [-0.3, -0.25) is 4.90 Å². The van der Waals surface area contributed by atoms with Gasteiger partial charge in [0.15, 0.2) is 16.6 Å². The molecule has 7 nitrogen and oxygen atoms in total. The smallest absolute Gasteiger partial charge is 0.337 e. The fourth-order valence-electron chi connectivity index (χ4n) is 3.38. The van der Waals surface area contributed by atoms with E-state index in [0.29, 0.717) is 16.9 Å². The van der Waals surface area contributed by atoms with Crippen LogP contribution < -0.4 is 19.7 Å². The summed E-state index contributed by atoms with van der Waals surface area (Å²) < 4.78 is 29.1. The molecule has 3 rings (SSSR count). The summed E-state index contributed by atoms with van der Waals surface area (Å²) in [6.07, 6.45) is 0. The highest BCUT2D eigenvalue weighted by Crippen LogP contribution is 2.42. The second-order valence-corrected chi connectivity index (χ2v) is 7.37. The van der Waals surface area contributed by atoms with Crippen molar-refractivity contribution in [1.29, 1.82) is 0 Å². The van der Waals surface area contributed by atoms with Gasteiger partial charge in [0, 0.05) is 11.4 Å². The number of allylic oxidation sites excluding steroid dienone is 1. The molecule has 2 aromatic rings. The molecule has 0 unspecified atom stereocenters. The zero-order valence-electron chi connectivity index (χ0n) is 17.2. The lowest BCUT2D eigenvalue weighted by atomic mass is 9.94. The number of hydrogen-bond acceptors (Lipinski definition) is 6. The Morgan fingerprint density at radius 2 is 1.81 bits per heavy atom. The van der Waals surface area contributed by atoms with E-state index < -0.39 is 17.8 Å². The SMILES string of the molecule is COC(=O)C1=C(C)N(c2ccc(F)c(Cl)c2)C(=S)N[C@@H]1c1cc(OC)c(O)c(OC)c1. The molecule has 10 heteroatoms. The van der Waals surface area contributed by atoms with Gasteiger partial charge in [-0.1, -0.05) is 11.6 Å². The Balaban J connectivity index is 2.19. The van der Waals surface area contributed by atoms with Crippen LogP contribution in [0.3, 0.4) is 0 Å². The van der Waals surface area contributed by atoms with Crippen LogP contribution in [0.4, 0.5) is 10.1 Å². The van der Waals surface area contributed by atoms with Crippen molar-refractivity contribution in [3.63, 3.8) is 0 Å². The van der Waals surface area contributed by atoms with Crippen molar-refractivity contribution >= 4 is 40.6 Å². The molecule has 0 fully saturated rings. The van der Waals surface area contributed by atoms with E-state index in [1.165, 1.54) is 39.5 Å². The number of hydrogen-bond donors (Lipinski definition) is 2. The molecule has 164 valence electrons. The van der Waals surface area contributed by atoms with Gasteiger partial charge in [-0.25, -0.2) is 9.18 Å². The molecule has 1 aliphatic heterocycles. The Bertz CT molecular complexity index is 1070. The number of carbonyl (C=O) groups is 1. The average Bonchev–Trinajstić information content (AvgIpc) is 2.75. The van der Waals surface area contributed by atoms with Crippen LogP contribution in [0.5, 0.6) is 17.2 Å². The Labute approximate surface area is 189 Å². The Morgan fingerprint density at radius 1 is 1.19 bits per heavy atom. The van der Waals surface area contributed by atoms with Crippen LogP contribution in [0.25, 0.3) is 0 Å². The molecule has 0 spiro atoms. The van der Waals surface area contributed by atoms with Crippen LogP contribution in [-0.2, 0) is 9.53 Å². The molecule has 2 aromatic carbocycles. The van der Waals surface area contributed by atoms with Crippen molar-refractivity contribution in [2.24, 2.45) is 0 Å². The Morgan fingerprint density at radius 3 is 2.32 bits per heavy atom. The molecule has 0 aliphatic carbocycles. The number of phenols is 1. The molecule has 1 atom stereocenters. The number of esters is 1. The maximum absolute atomic E-state index is 13.6. The number of methoxy groups -OCH3 is 3. The number of nitrogens with zero attached hydrogens (tertiary/aromatic N) is 1. The van der Waals surface area contributed by atoms with Gasteiger partial charge in [0.05, 0.1) is 38.0 Å². The highest BCUT2D eigenvalue weighted by molar-refractivity contribution is 7.80. The zero-order chi connectivity index (χ0) is 22.9. The van der Waals surface area contributed by atoms with Gasteiger partial charge in [-0.05, 0) is 55.0 Å². The number of carbonyl (C=O) groups excluding carboxylic acids is 1. The molecular weight excluding hydrogens is 447 g/mol. The fraction of sp³-hybridized carbons (Fsp3) is 0.238. The maximum atomic E-state index is 13.6. The number of thiocarbonyl (C=S) groups is 1. The number of nitrogens with one attached hydrogen (secondary N) is 1. The van der Waals surface area contributed by atoms with E-state index in [4.69, 9.17) is 38.0 Å². The quantitative estimate of drug-likeness (QED) is 0.504. The van der Waals surface area contributed by atoms with Gasteiger partial charge >= 0.3 is 5.97 Å². The van der Waals surface area contributed by atoms with Crippen molar-refractivity contribution in [3.05, 3.63) is 58.0 Å². The minimum atomic E-state index is -0.726. The summed E-state index contributed by atoms with van der Waals surface area (Å²) in [5.41, 5.74) is 1.74. The van der Waals surface area contributed by atoms with Gasteiger partial charge in [0.25, 0.3) is 0 Å². The van der Waals surface area contributed by atoms with E-state index in [9.17, 15) is 14.3 Å². The van der Waals surface area contributed by atoms with Gasteiger partial charge in [-0.2, -0.15) is 0 Å². The van der Waals surface area contributed by atoms with E-state index in [1.807, 2.05) is 0 Å². The third-order valence-corrected chi connectivity index (χ3v) is 5.48. The lowest BCUT2D eigenvalue weighted by molar-refractivity contribution is -0.136. The van der Waals surface area contributed by atoms with Gasteiger partial charge in [-0.15, -0.1) is 0 Å². The minimum absolute atomic E-state index is 0.0807. The Hall–Kier alpha value is -3.04. The van der Waals surface area contributed by atoms with Crippen LogP contribution in [0.2, 0.25) is 5.02 Å². The van der Waals surface area contributed by atoms with Crippen molar-refractivity contribution in [2.45, 2.75) is 13.0 Å². The van der Waals surface area contributed by atoms with E-state index >= 15 is 0 Å². The first-order chi connectivity index (χ1) is 14.7. The highest BCUT2D eigenvalue weighted by Gasteiger charge is 2.36. The topological polar surface area (TPSA) is 80.3 Å². The number of ether oxygens (including phenoxy) is 3. The van der Waals surface area contributed by atoms with E-state index in [1.54, 1.807) is 24.0 Å². The van der Waals surface area contributed by atoms with Gasteiger partial charge in [0.2, 0.25) is 5.75 Å². The number of phenolic OH excluding ortho intramolecular Hbond substituents is 1. The van der Waals surface area contributed by atoms with Crippen LogP contribution in [0.1, 0.15) is 18.5 Å². The van der Waals surface area contributed by atoms with E-state index in [2.05, 4.69) is 5.32 Å². The van der Waals surface area contributed by atoms with Gasteiger partial charge < -0.3 is 24.6 Å². The first kappa shape index (κ1) is 22.6. The molecule has 2 N–H and O–H groups in total. The fourth-order valence-corrected chi connectivity index (χ4v) is 3.92. The standard InChI is InChI=1S/C21H20ClFN2O5S/c1-10-17(20(27)30-4)18(11-7-15(28-2)19(26)16(8-11)29-3)24-21(31)25(10)12-5-6-14(23)13(22)9-12/h5-9,18,26H,1-4H3,(H,24,31)/t18-/m1/s1. The summed E-state index contributed by atoms with van der Waals surface area (Å²) in [5.74, 6) is -1.01. The first-order valence-electron chi connectivity index (χ1n) is 9.03. The summed E-state index contributed by atoms with van der Waals surface area (Å²) in [6, 6.07) is 6.54. The second-order valence-electron chi connectivity index (χ2n) is 6.58. The predicted octanol–water partition coefficient (Wildman–Crippen LogP) is 4.08. The van der Waals surface area contributed by atoms with Crippen molar-refractivity contribution in [1.82, 2.24) is 5.32 Å². The molecule has 31 heavy (non-hydrogen) atoms. The average molecular weight is 467 g/mol. The van der Waals surface area contributed by atoms with Crippen molar-refractivity contribution < 1.29 is 28.5 Å². The number of anilines is 1. The van der Waals surface area contributed by atoms with Crippen LogP contribution in [0, 0.1) is 5.82 Å². The molecule has 1 heterocycles. The third kappa shape index (κ3) is 4.11. The lowest BCUT2D eigenvalue weighted by Gasteiger charge is -2.37. The number of rotatable bonds is 5. The number of benzene rings is 2. The summed E-state index contributed by atoms with van der Waals surface area (Å²) in [4.78, 5) is 14.3. The van der Waals surface area contributed by atoms with Gasteiger partial charge in [0.1, 0.15) is 5.82 Å². The molecule has 0 bridgehead atoms. The van der Waals surface area contributed by atoms with Crippen molar-refractivity contribution in [2.75, 3.05) is 26.2 Å². The normalized spacial score (nSPS) is 16.1. The number of halogens is 2. The lowest BCUT2D eigenvalue weighted by Crippen LogP contribution is -2.48. The Kier molecular flexibility index (Phi) is 6.56. The molecule has 1 aliphatic rings. The highest BCUT2D eigenvalue weighted by atomic mass is 35.5. The largest absolute Gasteiger partial charge is 0.502 e. The van der Waals surface area contributed by atoms with Crippen LogP contribution in [-0.4, -0.2) is 37.5 Å². The zero-order valence-corrected chi connectivity index (χ0v) is 18.7. The molecule has 0 saturated carbocycles. The summed E-state index contributed by atoms with van der Waals surface area (Å²) in [7, 11) is 4.07. The number of aromatic hydroxyl groups is 1. The second kappa shape index (κ2) is 8.99. The summed E-state index contributed by atoms with van der Waals surface area (Å²) >= 11 is 11.5. The van der Waals surface area contributed by atoms with E-state index in [-0.39, 0.29) is 33.0 Å². The maximum Gasteiger partial charge on any atom is 0.337 e. The first-order valence-corrected chi connectivity index (χ1v) is 9.81. The predicted molar refractivity (Wildman–Crippen MR) is 118 cm³/mol. The third-order valence-electron chi connectivity index (χ3n) is 4.89. The summed E-state index contributed by atoms with van der Waals surface area (Å²) in [6.45, 7) is 1.69. The van der Waals surface area contributed by atoms with Crippen LogP contribution >= 0.6 is 23.8 Å². The molecule has 0 radical (unpaired) electrons. The van der Waals surface area contributed by atoms with Crippen molar-refractivity contribution in [3.8, 4) is 17.2 Å². The molecule has 0 saturated heterocycles. The minimum Gasteiger partial charge on any atom is -0.502 e. The van der Waals surface area contributed by atoms with Crippen LogP contribution in [0.15, 0.2) is 41.6 Å². The summed E-state index contributed by atoms with van der Waals surface area (Å²) in [5, 5.41) is 13.5. The van der Waals surface area contributed by atoms with E-state index in [0.717, 1.165) is 0 Å². The molecule has 0 aromatic heterocycles. The monoisotopic (exact) mass is 466 g/mol. The molecular formula is C21H20ClFN2O5S.